The molecule has 0 aromatic heterocycles. The number of nitro benzene ring substituents is 2. The van der Waals surface area contributed by atoms with E-state index in [1.54, 1.807) is 13.0 Å². The number of carbonyl (C=O) groups excluding carboxylic acids is 3. The van der Waals surface area contributed by atoms with Crippen molar-refractivity contribution in [2.75, 3.05) is 4.90 Å². The van der Waals surface area contributed by atoms with Gasteiger partial charge in [-0.1, -0.05) is 29.3 Å². The van der Waals surface area contributed by atoms with Gasteiger partial charge in [0.1, 0.15) is 11.3 Å². The van der Waals surface area contributed by atoms with E-state index in [2.05, 4.69) is 5.32 Å². The number of benzene rings is 3. The van der Waals surface area contributed by atoms with Gasteiger partial charge in [-0.2, -0.15) is 0 Å². The number of imide groups is 2. The van der Waals surface area contributed by atoms with Gasteiger partial charge in [-0.15, -0.1) is 0 Å². The van der Waals surface area contributed by atoms with Gasteiger partial charge in [0.05, 0.1) is 21.6 Å². The molecule has 0 unspecified atom stereocenters. The zero-order valence-corrected chi connectivity index (χ0v) is 20.6. The Labute approximate surface area is 223 Å². The van der Waals surface area contributed by atoms with Crippen molar-refractivity contribution in [2.24, 2.45) is 0 Å². The summed E-state index contributed by atoms with van der Waals surface area (Å²) in [6, 6.07) is 10.3. The molecule has 4 rings (SSSR count). The Morgan fingerprint density at radius 1 is 0.921 bits per heavy atom. The van der Waals surface area contributed by atoms with Gasteiger partial charge in [0.2, 0.25) is 5.75 Å². The average Bonchev–Trinajstić information content (AvgIpc) is 2.85. The number of nitro groups is 2. The first-order valence-corrected chi connectivity index (χ1v) is 11.3. The van der Waals surface area contributed by atoms with Gasteiger partial charge in [0.15, 0.2) is 0 Å². The third-order valence-corrected chi connectivity index (χ3v) is 6.00. The second-order valence-corrected chi connectivity index (χ2v) is 8.69. The lowest BCUT2D eigenvalue weighted by molar-refractivity contribution is -0.394. The van der Waals surface area contributed by atoms with Crippen molar-refractivity contribution in [3.63, 3.8) is 0 Å². The second-order valence-electron chi connectivity index (χ2n) is 7.84. The number of aryl methyl sites for hydroxylation is 1. The van der Waals surface area contributed by atoms with Crippen LogP contribution in [-0.4, -0.2) is 27.7 Å². The smallest absolute Gasteiger partial charge is 0.335 e. The molecule has 38 heavy (non-hydrogen) atoms. The maximum Gasteiger partial charge on any atom is 0.335 e. The van der Waals surface area contributed by atoms with E-state index in [1.807, 2.05) is 0 Å². The average molecular weight is 557 g/mol. The lowest BCUT2D eigenvalue weighted by Gasteiger charge is -2.26. The molecule has 0 radical (unpaired) electrons. The number of nitrogens with zero attached hydrogens (tertiary/aromatic N) is 3. The molecule has 14 heteroatoms. The molecule has 3 aromatic rings. The summed E-state index contributed by atoms with van der Waals surface area (Å²) in [4.78, 5) is 60.0. The zero-order valence-electron chi connectivity index (χ0n) is 19.1. The number of hydrogen-bond donors (Lipinski definition) is 1. The molecular weight excluding hydrogens is 543 g/mol. The van der Waals surface area contributed by atoms with Gasteiger partial charge in [0.25, 0.3) is 17.5 Å². The van der Waals surface area contributed by atoms with Crippen LogP contribution in [0.1, 0.15) is 11.1 Å². The van der Waals surface area contributed by atoms with Gasteiger partial charge >= 0.3 is 11.7 Å². The minimum atomic E-state index is -0.998. The Bertz CT molecular complexity index is 1590. The van der Waals surface area contributed by atoms with Crippen molar-refractivity contribution >= 4 is 64.2 Å². The fourth-order valence-corrected chi connectivity index (χ4v) is 3.82. The molecule has 192 valence electrons. The van der Waals surface area contributed by atoms with Gasteiger partial charge in [-0.25, -0.2) is 9.69 Å². The molecule has 0 atom stereocenters. The topological polar surface area (TPSA) is 162 Å². The van der Waals surface area contributed by atoms with Crippen molar-refractivity contribution in [2.45, 2.75) is 6.92 Å². The number of amides is 4. The number of non-ortho nitro benzene ring substituents is 1. The highest BCUT2D eigenvalue weighted by Crippen LogP contribution is 2.37. The zero-order chi connectivity index (χ0) is 27.7. The van der Waals surface area contributed by atoms with Crippen LogP contribution in [-0.2, 0) is 9.59 Å². The van der Waals surface area contributed by atoms with E-state index in [-0.39, 0.29) is 27.8 Å². The minimum absolute atomic E-state index is 0.0555. The highest BCUT2D eigenvalue weighted by molar-refractivity contribution is 6.39. The molecule has 0 saturated carbocycles. The molecule has 1 aliphatic rings. The highest BCUT2D eigenvalue weighted by Gasteiger charge is 2.37. The van der Waals surface area contributed by atoms with E-state index < -0.39 is 44.6 Å². The van der Waals surface area contributed by atoms with Gasteiger partial charge in [-0.3, -0.25) is 35.1 Å². The van der Waals surface area contributed by atoms with E-state index in [4.69, 9.17) is 27.9 Å². The van der Waals surface area contributed by atoms with E-state index in [0.717, 1.165) is 29.2 Å². The molecule has 1 fully saturated rings. The SMILES string of the molecule is Cc1ccc(N2C(=O)NC(=O)/C(=C\c3cc(Cl)ccc3Oc3ccc([N+](=O)[O-])cc3[N+](=O)[O-])C2=O)cc1Cl. The first-order valence-electron chi connectivity index (χ1n) is 10.5. The quantitative estimate of drug-likeness (QED) is 0.178. The van der Waals surface area contributed by atoms with Crippen molar-refractivity contribution in [1.82, 2.24) is 5.32 Å². The summed E-state index contributed by atoms with van der Waals surface area (Å²) in [5.74, 6) is -2.37. The van der Waals surface area contributed by atoms with Crippen LogP contribution < -0.4 is 15.0 Å². The van der Waals surface area contributed by atoms with E-state index in [9.17, 15) is 34.6 Å². The van der Waals surface area contributed by atoms with Crippen LogP contribution in [0.3, 0.4) is 0 Å². The van der Waals surface area contributed by atoms with E-state index in [0.29, 0.717) is 10.6 Å². The summed E-state index contributed by atoms with van der Waals surface area (Å²) in [5.41, 5.74) is -0.801. The first kappa shape index (κ1) is 26.3. The Morgan fingerprint density at radius 2 is 1.63 bits per heavy atom. The Balaban J connectivity index is 1.77. The maximum absolute atomic E-state index is 13.3. The number of ether oxygens (including phenoxy) is 1. The van der Waals surface area contributed by atoms with Crippen molar-refractivity contribution < 1.29 is 29.0 Å². The molecule has 0 spiro atoms. The third-order valence-electron chi connectivity index (χ3n) is 5.36. The minimum Gasteiger partial charge on any atom is -0.449 e. The van der Waals surface area contributed by atoms with Crippen LogP contribution in [0.5, 0.6) is 11.5 Å². The summed E-state index contributed by atoms with van der Waals surface area (Å²) in [6.07, 6.45) is 1.10. The maximum atomic E-state index is 13.3. The molecule has 1 heterocycles. The van der Waals surface area contributed by atoms with Gasteiger partial charge in [-0.05, 0) is 55.0 Å². The van der Waals surface area contributed by atoms with Crippen LogP contribution >= 0.6 is 23.2 Å². The van der Waals surface area contributed by atoms with Crippen LogP contribution in [0.25, 0.3) is 6.08 Å². The predicted octanol–water partition coefficient (Wildman–Crippen LogP) is 5.58. The largest absolute Gasteiger partial charge is 0.449 e. The lowest BCUT2D eigenvalue weighted by Crippen LogP contribution is -2.54. The molecule has 0 aliphatic carbocycles. The summed E-state index contributed by atoms with van der Waals surface area (Å²) < 4.78 is 5.66. The van der Waals surface area contributed by atoms with Gasteiger partial charge in [0, 0.05) is 21.7 Å². The number of barbiturate groups is 1. The molecule has 12 nitrogen and oxygen atoms in total. The lowest BCUT2D eigenvalue weighted by atomic mass is 10.1. The fraction of sp³-hybridized carbons (Fsp3) is 0.0417. The van der Waals surface area contributed by atoms with E-state index >= 15 is 0 Å². The summed E-state index contributed by atoms with van der Waals surface area (Å²) >= 11 is 12.2. The number of hydrogen-bond acceptors (Lipinski definition) is 8. The monoisotopic (exact) mass is 556 g/mol. The Kier molecular flexibility index (Phi) is 7.10. The van der Waals surface area contributed by atoms with Gasteiger partial charge < -0.3 is 4.74 Å². The summed E-state index contributed by atoms with van der Waals surface area (Å²) in [6.45, 7) is 1.73. The molecule has 3 aromatic carbocycles. The highest BCUT2D eigenvalue weighted by atomic mass is 35.5. The van der Waals surface area contributed by atoms with Crippen molar-refractivity contribution in [3.8, 4) is 11.5 Å². The van der Waals surface area contributed by atoms with E-state index in [1.165, 1.54) is 30.3 Å². The normalized spacial score (nSPS) is 14.4. The number of rotatable bonds is 6. The number of urea groups is 1. The fourth-order valence-electron chi connectivity index (χ4n) is 3.46. The Hall–Kier alpha value is -4.81. The standard InChI is InChI=1S/C24H14Cl2N4O8/c1-12-2-4-15(10-18(12)26)28-23(32)17(22(31)27-24(28)33)9-13-8-14(25)3-6-20(13)38-21-7-5-16(29(34)35)11-19(21)30(36)37/h2-11H,1H3,(H,27,31,33)/b17-9+. The number of anilines is 1. The molecule has 4 amide bonds. The predicted molar refractivity (Wildman–Crippen MR) is 136 cm³/mol. The molecule has 1 aliphatic heterocycles. The number of carbonyl (C=O) groups is 3. The molecular formula is C24H14Cl2N4O8. The van der Waals surface area contributed by atoms with Crippen LogP contribution in [0.4, 0.5) is 21.9 Å². The van der Waals surface area contributed by atoms with Crippen LogP contribution in [0.2, 0.25) is 10.0 Å². The van der Waals surface area contributed by atoms with Crippen LogP contribution in [0.15, 0.2) is 60.2 Å². The molecule has 1 saturated heterocycles. The summed E-state index contributed by atoms with van der Waals surface area (Å²) in [7, 11) is 0. The number of nitrogens with one attached hydrogen (secondary N) is 1. The van der Waals surface area contributed by atoms with Crippen molar-refractivity contribution in [1.29, 1.82) is 0 Å². The molecule has 1 N–H and O–H groups in total. The van der Waals surface area contributed by atoms with Crippen LogP contribution in [0, 0.1) is 27.2 Å². The Morgan fingerprint density at radius 3 is 2.29 bits per heavy atom. The number of halogens is 2. The molecule has 0 bridgehead atoms. The first-order chi connectivity index (χ1) is 18.0. The van der Waals surface area contributed by atoms with Crippen molar-refractivity contribution in [3.05, 3.63) is 102 Å². The third kappa shape index (κ3) is 5.16. The summed E-state index contributed by atoms with van der Waals surface area (Å²) in [5, 5.41) is 25.1. The second kappa shape index (κ2) is 10.3.